The van der Waals surface area contributed by atoms with Crippen LogP contribution in [0.3, 0.4) is 0 Å². The van der Waals surface area contributed by atoms with E-state index in [1.54, 1.807) is 11.8 Å². The van der Waals surface area contributed by atoms with Crippen LogP contribution in [-0.2, 0) is 4.79 Å². The molecular formula is C24H36N2OS. The Morgan fingerprint density at radius 3 is 2.39 bits per heavy atom. The second kappa shape index (κ2) is 14.2. The number of hydrogen-bond donors (Lipinski definition) is 1. The van der Waals surface area contributed by atoms with E-state index >= 15 is 0 Å². The average molecular weight is 401 g/mol. The molecule has 0 saturated carbocycles. The molecule has 1 aromatic rings. The Morgan fingerprint density at radius 2 is 1.75 bits per heavy atom. The number of rotatable bonds is 13. The van der Waals surface area contributed by atoms with Crippen LogP contribution in [0, 0.1) is 6.92 Å². The Kier molecular flexibility index (Phi) is 12.3. The Hall–Kier alpha value is -1.81. The predicted molar refractivity (Wildman–Crippen MR) is 125 cm³/mol. The molecule has 154 valence electrons. The van der Waals surface area contributed by atoms with E-state index in [2.05, 4.69) is 56.2 Å². The highest BCUT2D eigenvalue weighted by Crippen LogP contribution is 2.14. The minimum Gasteiger partial charge on any atom is -0.360 e. The molecule has 0 aliphatic heterocycles. The topological polar surface area (TPSA) is 42.0 Å². The maximum atomic E-state index is 11.3. The molecule has 1 rings (SSSR count). The van der Waals surface area contributed by atoms with Gasteiger partial charge in [-0.05, 0) is 72.4 Å². The zero-order chi connectivity index (χ0) is 20.8. The Labute approximate surface area is 175 Å². The number of thioether (sulfide) groups is 1. The van der Waals surface area contributed by atoms with Gasteiger partial charge in [-0.3, -0.25) is 0 Å². The van der Waals surface area contributed by atoms with Crippen LogP contribution in [0.5, 0.6) is 0 Å². The van der Waals surface area contributed by atoms with Crippen LogP contribution in [0.15, 0.2) is 53.1 Å². The summed E-state index contributed by atoms with van der Waals surface area (Å²) in [5.41, 5.74) is 5.23. The van der Waals surface area contributed by atoms with E-state index in [-0.39, 0.29) is 6.04 Å². The van der Waals surface area contributed by atoms with Crippen molar-refractivity contribution in [2.24, 2.45) is 0 Å². The molecule has 4 heteroatoms. The van der Waals surface area contributed by atoms with Crippen LogP contribution < -0.4 is 5.32 Å². The number of aldehydes is 1. The number of carbonyl (C=O) groups excluding carboxylic acids is 1. The van der Waals surface area contributed by atoms with Gasteiger partial charge in [0.1, 0.15) is 12.1 Å². The standard InChI is InChI=1S/C24H36N2OS/c1-19(2)9-6-10-20(3)11-7-12-21(4)15-16-28-18-23(17-27)26-24-14-8-13-22(5)25-24/h8-9,11,13-15,17,23H,6-7,10,12,16,18H2,1-5H3,(H,25,26)/b20-11+,21-15+. The third-order valence-corrected chi connectivity index (χ3v) is 5.35. The lowest BCUT2D eigenvalue weighted by atomic mass is 10.1. The molecule has 1 N–H and O–H groups in total. The fourth-order valence-corrected chi connectivity index (χ4v) is 3.62. The van der Waals surface area contributed by atoms with Crippen LogP contribution in [0.4, 0.5) is 5.82 Å². The SMILES string of the molecule is CC(C)=CCC/C(C)=C/CC/C(C)=C/CSCC(C=O)Nc1cccc(C)n1. The van der Waals surface area contributed by atoms with Crippen LogP contribution >= 0.6 is 11.8 Å². The summed E-state index contributed by atoms with van der Waals surface area (Å²) in [7, 11) is 0. The minimum atomic E-state index is -0.209. The van der Waals surface area contributed by atoms with Crippen molar-refractivity contribution in [1.29, 1.82) is 0 Å². The average Bonchev–Trinajstić information content (AvgIpc) is 2.64. The van der Waals surface area contributed by atoms with Crippen LogP contribution in [0.25, 0.3) is 0 Å². The van der Waals surface area contributed by atoms with E-state index in [0.29, 0.717) is 0 Å². The number of allylic oxidation sites excluding steroid dienone is 5. The summed E-state index contributed by atoms with van der Waals surface area (Å²) in [5.74, 6) is 2.44. The van der Waals surface area contributed by atoms with E-state index in [0.717, 1.165) is 55.0 Å². The predicted octanol–water partition coefficient (Wildman–Crippen LogP) is 6.52. The van der Waals surface area contributed by atoms with Crippen molar-refractivity contribution in [3.8, 4) is 0 Å². The molecule has 28 heavy (non-hydrogen) atoms. The van der Waals surface area contributed by atoms with Gasteiger partial charge in [-0.25, -0.2) is 4.98 Å². The zero-order valence-electron chi connectivity index (χ0n) is 18.1. The van der Waals surface area contributed by atoms with Crippen molar-refractivity contribution < 1.29 is 4.79 Å². The first-order valence-corrected chi connectivity index (χ1v) is 11.2. The first-order chi connectivity index (χ1) is 13.4. The number of aryl methyl sites for hydroxylation is 1. The Morgan fingerprint density at radius 1 is 1.07 bits per heavy atom. The first kappa shape index (κ1) is 24.2. The third-order valence-electron chi connectivity index (χ3n) is 4.36. The Bertz CT molecular complexity index is 688. The molecule has 1 atom stereocenters. The van der Waals surface area contributed by atoms with Crippen molar-refractivity contribution >= 4 is 23.9 Å². The molecule has 0 bridgehead atoms. The summed E-state index contributed by atoms with van der Waals surface area (Å²) in [5, 5.41) is 3.20. The van der Waals surface area contributed by atoms with Gasteiger partial charge in [0.2, 0.25) is 0 Å². The van der Waals surface area contributed by atoms with Gasteiger partial charge in [0.15, 0.2) is 0 Å². The van der Waals surface area contributed by atoms with Gasteiger partial charge in [0.05, 0.1) is 6.04 Å². The second-order valence-corrected chi connectivity index (χ2v) is 8.62. The molecule has 0 saturated heterocycles. The second-order valence-electron chi connectivity index (χ2n) is 7.55. The van der Waals surface area contributed by atoms with Gasteiger partial charge in [-0.2, -0.15) is 11.8 Å². The fraction of sp³-hybridized carbons (Fsp3) is 0.500. The summed E-state index contributed by atoms with van der Waals surface area (Å²) < 4.78 is 0. The van der Waals surface area contributed by atoms with Gasteiger partial charge >= 0.3 is 0 Å². The number of nitrogens with zero attached hydrogens (tertiary/aromatic N) is 1. The molecule has 0 amide bonds. The smallest absolute Gasteiger partial charge is 0.143 e. The minimum absolute atomic E-state index is 0.209. The van der Waals surface area contributed by atoms with Crippen molar-refractivity contribution in [3.05, 3.63) is 58.8 Å². The third kappa shape index (κ3) is 11.8. The number of pyridine rings is 1. The lowest BCUT2D eigenvalue weighted by Gasteiger charge is -2.13. The molecule has 1 unspecified atom stereocenters. The monoisotopic (exact) mass is 400 g/mol. The molecule has 0 fully saturated rings. The molecule has 1 heterocycles. The van der Waals surface area contributed by atoms with E-state index in [9.17, 15) is 4.79 Å². The highest BCUT2D eigenvalue weighted by Gasteiger charge is 2.07. The van der Waals surface area contributed by atoms with Crippen LogP contribution in [0.1, 0.15) is 59.1 Å². The highest BCUT2D eigenvalue weighted by molar-refractivity contribution is 7.99. The number of carbonyl (C=O) groups is 1. The normalized spacial score (nSPS) is 13.2. The molecule has 0 aromatic carbocycles. The quantitative estimate of drug-likeness (QED) is 0.232. The van der Waals surface area contributed by atoms with Crippen molar-refractivity contribution in [1.82, 2.24) is 4.98 Å². The molecule has 0 aliphatic rings. The summed E-state index contributed by atoms with van der Waals surface area (Å²) in [6.07, 6.45) is 12.4. The molecule has 0 radical (unpaired) electrons. The maximum Gasteiger partial charge on any atom is 0.143 e. The largest absolute Gasteiger partial charge is 0.360 e. The number of aromatic nitrogens is 1. The van der Waals surface area contributed by atoms with Crippen molar-refractivity contribution in [2.75, 3.05) is 16.8 Å². The fourth-order valence-electron chi connectivity index (χ4n) is 2.66. The van der Waals surface area contributed by atoms with E-state index in [1.165, 1.54) is 16.7 Å². The van der Waals surface area contributed by atoms with E-state index in [4.69, 9.17) is 0 Å². The first-order valence-electron chi connectivity index (χ1n) is 10.1. The summed E-state index contributed by atoms with van der Waals surface area (Å²) in [4.78, 5) is 15.7. The van der Waals surface area contributed by atoms with Crippen molar-refractivity contribution in [3.63, 3.8) is 0 Å². The van der Waals surface area contributed by atoms with Crippen LogP contribution in [-0.4, -0.2) is 28.8 Å². The maximum absolute atomic E-state index is 11.3. The molecule has 1 aromatic heterocycles. The highest BCUT2D eigenvalue weighted by atomic mass is 32.2. The summed E-state index contributed by atoms with van der Waals surface area (Å²) in [6.45, 7) is 10.7. The zero-order valence-corrected chi connectivity index (χ0v) is 18.9. The summed E-state index contributed by atoms with van der Waals surface area (Å²) in [6, 6.07) is 5.58. The molecular weight excluding hydrogens is 364 g/mol. The lowest BCUT2D eigenvalue weighted by molar-refractivity contribution is -0.108. The van der Waals surface area contributed by atoms with Gasteiger partial charge in [-0.15, -0.1) is 0 Å². The van der Waals surface area contributed by atoms with Gasteiger partial charge in [0.25, 0.3) is 0 Å². The molecule has 0 spiro atoms. The van der Waals surface area contributed by atoms with Gasteiger partial charge in [0, 0.05) is 17.2 Å². The lowest BCUT2D eigenvalue weighted by Crippen LogP contribution is -2.24. The number of hydrogen-bond acceptors (Lipinski definition) is 4. The van der Waals surface area contributed by atoms with Crippen LogP contribution in [0.2, 0.25) is 0 Å². The number of nitrogens with one attached hydrogen (secondary N) is 1. The van der Waals surface area contributed by atoms with E-state index < -0.39 is 0 Å². The Balaban J connectivity index is 2.27. The van der Waals surface area contributed by atoms with Gasteiger partial charge < -0.3 is 10.1 Å². The molecule has 3 nitrogen and oxygen atoms in total. The number of anilines is 1. The van der Waals surface area contributed by atoms with E-state index in [1.807, 2.05) is 25.1 Å². The van der Waals surface area contributed by atoms with Crippen molar-refractivity contribution in [2.45, 2.75) is 66.3 Å². The van der Waals surface area contributed by atoms with Gasteiger partial charge in [-0.1, -0.05) is 41.0 Å². The summed E-state index contributed by atoms with van der Waals surface area (Å²) >= 11 is 1.77. The molecule has 0 aliphatic carbocycles.